The third kappa shape index (κ3) is 3.26. The van der Waals surface area contributed by atoms with Gasteiger partial charge in [0.05, 0.1) is 11.8 Å². The molecule has 2 rings (SSSR count). The van der Waals surface area contributed by atoms with Crippen molar-refractivity contribution in [3.05, 3.63) is 0 Å². The molecule has 3 N–H and O–H groups in total. The summed E-state index contributed by atoms with van der Waals surface area (Å²) in [5.74, 6) is -1.22. The first-order valence-corrected chi connectivity index (χ1v) is 7.25. The van der Waals surface area contributed by atoms with E-state index in [9.17, 15) is 14.7 Å². The van der Waals surface area contributed by atoms with Gasteiger partial charge in [0.25, 0.3) is 0 Å². The average Bonchev–Trinajstić information content (AvgIpc) is 3.04. The number of carbonyl (C=O) groups excluding carboxylic acids is 1. The van der Waals surface area contributed by atoms with E-state index in [1.165, 1.54) is 0 Å². The van der Waals surface area contributed by atoms with E-state index in [1.54, 1.807) is 0 Å². The number of rotatable bonds is 5. The smallest absolute Gasteiger partial charge is 0.307 e. The molecule has 0 aromatic rings. The summed E-state index contributed by atoms with van der Waals surface area (Å²) in [7, 11) is 0. The maximum Gasteiger partial charge on any atom is 0.307 e. The van der Waals surface area contributed by atoms with Gasteiger partial charge in [-0.25, -0.2) is 0 Å². The fraction of sp³-hybridized carbons (Fsp3) is 0.857. The Morgan fingerprint density at radius 3 is 2.32 bits per heavy atom. The summed E-state index contributed by atoms with van der Waals surface area (Å²) < 4.78 is 0. The van der Waals surface area contributed by atoms with Crippen LogP contribution in [0.15, 0.2) is 0 Å². The highest BCUT2D eigenvalue weighted by Crippen LogP contribution is 2.33. The van der Waals surface area contributed by atoms with Gasteiger partial charge in [-0.15, -0.1) is 0 Å². The van der Waals surface area contributed by atoms with Crippen molar-refractivity contribution in [2.24, 2.45) is 23.7 Å². The second-order valence-electron chi connectivity index (χ2n) is 5.86. The minimum atomic E-state index is -0.855. The van der Waals surface area contributed by atoms with Crippen LogP contribution in [0.4, 0.5) is 0 Å². The molecule has 0 radical (unpaired) electrons. The molecule has 0 aromatic heterocycles. The third-order valence-corrected chi connectivity index (χ3v) is 4.76. The van der Waals surface area contributed by atoms with Gasteiger partial charge in [0.1, 0.15) is 0 Å². The fourth-order valence-corrected chi connectivity index (χ4v) is 3.55. The monoisotopic (exact) mass is 269 g/mol. The minimum Gasteiger partial charge on any atom is -0.481 e. The number of carboxylic acid groups (broad SMARTS) is 1. The standard InChI is InChI=1S/C14H23NO4/c16-8-10-4-1-3-9(10)7-15-13(17)11-5-2-6-12(11)14(18)19/h9-12,16H,1-8H2,(H,15,17)(H,18,19)/t9?,10?,11-,12+/m1/s1. The van der Waals surface area contributed by atoms with Crippen LogP contribution in [0.1, 0.15) is 38.5 Å². The van der Waals surface area contributed by atoms with Gasteiger partial charge in [-0.3, -0.25) is 9.59 Å². The Morgan fingerprint density at radius 1 is 1.00 bits per heavy atom. The summed E-state index contributed by atoms with van der Waals surface area (Å²) in [6, 6.07) is 0. The van der Waals surface area contributed by atoms with Crippen LogP contribution in [0.2, 0.25) is 0 Å². The largest absolute Gasteiger partial charge is 0.481 e. The van der Waals surface area contributed by atoms with Gasteiger partial charge in [0, 0.05) is 13.2 Å². The van der Waals surface area contributed by atoms with Crippen LogP contribution in [0.25, 0.3) is 0 Å². The van der Waals surface area contributed by atoms with Gasteiger partial charge >= 0.3 is 5.97 Å². The molecule has 0 spiro atoms. The SMILES string of the molecule is O=C(O)[C@H]1CCC[C@H]1C(=O)NCC1CCCC1CO. The molecule has 4 atom stereocenters. The van der Waals surface area contributed by atoms with Crippen molar-refractivity contribution in [3.8, 4) is 0 Å². The fourth-order valence-electron chi connectivity index (χ4n) is 3.55. The molecule has 0 heterocycles. The van der Waals surface area contributed by atoms with Crippen LogP contribution in [0.3, 0.4) is 0 Å². The topological polar surface area (TPSA) is 86.6 Å². The molecule has 0 aliphatic heterocycles. The van der Waals surface area contributed by atoms with Gasteiger partial charge in [0.2, 0.25) is 5.91 Å². The van der Waals surface area contributed by atoms with Crippen molar-refractivity contribution in [1.29, 1.82) is 0 Å². The van der Waals surface area contributed by atoms with Gasteiger partial charge in [-0.05, 0) is 37.5 Å². The second kappa shape index (κ2) is 6.37. The molecule has 5 heteroatoms. The lowest BCUT2D eigenvalue weighted by Crippen LogP contribution is -2.38. The van der Waals surface area contributed by atoms with E-state index >= 15 is 0 Å². The number of amides is 1. The zero-order valence-electron chi connectivity index (χ0n) is 11.2. The lowest BCUT2D eigenvalue weighted by molar-refractivity contribution is -0.146. The van der Waals surface area contributed by atoms with Gasteiger partial charge in [-0.1, -0.05) is 12.8 Å². The molecular weight excluding hydrogens is 246 g/mol. The van der Waals surface area contributed by atoms with E-state index in [0.717, 1.165) is 25.7 Å². The summed E-state index contributed by atoms with van der Waals surface area (Å²) in [5.41, 5.74) is 0. The summed E-state index contributed by atoms with van der Waals surface area (Å²) in [4.78, 5) is 23.1. The normalized spacial score (nSPS) is 34.4. The molecule has 2 aliphatic carbocycles. The zero-order chi connectivity index (χ0) is 13.8. The summed E-state index contributed by atoms with van der Waals surface area (Å²) in [6.45, 7) is 0.759. The van der Waals surface area contributed by atoms with Crippen LogP contribution < -0.4 is 5.32 Å². The number of aliphatic hydroxyl groups excluding tert-OH is 1. The third-order valence-electron chi connectivity index (χ3n) is 4.76. The highest BCUT2D eigenvalue weighted by Gasteiger charge is 2.38. The Morgan fingerprint density at radius 2 is 1.63 bits per heavy atom. The first-order chi connectivity index (χ1) is 9.13. The molecule has 0 saturated heterocycles. The highest BCUT2D eigenvalue weighted by atomic mass is 16.4. The molecule has 2 unspecified atom stereocenters. The predicted octanol–water partition coefficient (Wildman–Crippen LogP) is 1.01. The Hall–Kier alpha value is -1.10. The van der Waals surface area contributed by atoms with E-state index in [-0.39, 0.29) is 18.4 Å². The minimum absolute atomic E-state index is 0.117. The lowest BCUT2D eigenvalue weighted by Gasteiger charge is -2.20. The molecule has 108 valence electrons. The van der Waals surface area contributed by atoms with Crippen molar-refractivity contribution < 1.29 is 19.8 Å². The molecule has 0 aromatic carbocycles. The first-order valence-electron chi connectivity index (χ1n) is 7.25. The Kier molecular flexibility index (Phi) is 4.80. The lowest BCUT2D eigenvalue weighted by atomic mass is 9.94. The molecule has 2 fully saturated rings. The molecular formula is C14H23NO4. The quantitative estimate of drug-likeness (QED) is 0.695. The molecule has 19 heavy (non-hydrogen) atoms. The number of hydrogen-bond donors (Lipinski definition) is 3. The molecule has 2 saturated carbocycles. The number of carbonyl (C=O) groups is 2. The maximum atomic E-state index is 12.1. The van der Waals surface area contributed by atoms with E-state index in [2.05, 4.69) is 5.32 Å². The van der Waals surface area contributed by atoms with Crippen molar-refractivity contribution in [2.45, 2.75) is 38.5 Å². The zero-order valence-corrected chi connectivity index (χ0v) is 11.2. The van der Waals surface area contributed by atoms with Crippen LogP contribution in [-0.4, -0.2) is 35.2 Å². The van der Waals surface area contributed by atoms with Gasteiger partial charge in [0.15, 0.2) is 0 Å². The Labute approximate surface area is 113 Å². The Bertz CT molecular complexity index is 344. The number of carboxylic acids is 1. The van der Waals surface area contributed by atoms with Crippen molar-refractivity contribution >= 4 is 11.9 Å². The molecule has 1 amide bonds. The number of aliphatic carboxylic acids is 1. The summed E-state index contributed by atoms with van der Waals surface area (Å²) >= 11 is 0. The number of nitrogens with one attached hydrogen (secondary N) is 1. The van der Waals surface area contributed by atoms with Crippen molar-refractivity contribution in [1.82, 2.24) is 5.32 Å². The van der Waals surface area contributed by atoms with Crippen molar-refractivity contribution in [2.75, 3.05) is 13.2 Å². The highest BCUT2D eigenvalue weighted by molar-refractivity contribution is 5.85. The second-order valence-corrected chi connectivity index (χ2v) is 5.86. The van der Waals surface area contributed by atoms with Gasteiger partial charge < -0.3 is 15.5 Å². The number of hydrogen-bond acceptors (Lipinski definition) is 3. The summed E-state index contributed by atoms with van der Waals surface area (Å²) in [6.07, 6.45) is 5.27. The van der Waals surface area contributed by atoms with Crippen LogP contribution in [0.5, 0.6) is 0 Å². The number of aliphatic hydroxyl groups is 1. The van der Waals surface area contributed by atoms with Crippen LogP contribution in [-0.2, 0) is 9.59 Å². The predicted molar refractivity (Wildman–Crippen MR) is 69.4 cm³/mol. The van der Waals surface area contributed by atoms with E-state index in [4.69, 9.17) is 5.11 Å². The van der Waals surface area contributed by atoms with Crippen molar-refractivity contribution in [3.63, 3.8) is 0 Å². The summed E-state index contributed by atoms with van der Waals surface area (Å²) in [5, 5.41) is 21.2. The van der Waals surface area contributed by atoms with Crippen LogP contribution in [0, 0.1) is 23.7 Å². The average molecular weight is 269 g/mol. The Balaban J connectivity index is 1.82. The van der Waals surface area contributed by atoms with Crippen LogP contribution >= 0.6 is 0 Å². The van der Waals surface area contributed by atoms with E-state index < -0.39 is 11.9 Å². The maximum absolute atomic E-state index is 12.1. The van der Waals surface area contributed by atoms with Gasteiger partial charge in [-0.2, -0.15) is 0 Å². The van der Waals surface area contributed by atoms with E-state index in [1.807, 2.05) is 0 Å². The first kappa shape index (κ1) is 14.3. The molecule has 0 bridgehead atoms. The van der Waals surface area contributed by atoms with E-state index in [0.29, 0.717) is 31.2 Å². The molecule has 5 nitrogen and oxygen atoms in total. The molecule has 2 aliphatic rings.